The quantitative estimate of drug-likeness (QED) is 0.0375. The second-order valence-corrected chi connectivity index (χ2v) is 17.6. The summed E-state index contributed by atoms with van der Waals surface area (Å²) in [4.78, 5) is 15.2. The third-order valence-electron chi connectivity index (χ3n) is 11.2. The highest BCUT2D eigenvalue weighted by Gasteiger charge is 2.30. The second-order valence-electron chi connectivity index (χ2n) is 16.0. The van der Waals surface area contributed by atoms with Crippen molar-refractivity contribution in [2.75, 3.05) is 25.4 Å². The van der Waals surface area contributed by atoms with E-state index in [0.717, 1.165) is 51.6 Å². The zero-order valence-electron chi connectivity index (χ0n) is 34.4. The summed E-state index contributed by atoms with van der Waals surface area (Å²) in [5.74, 6) is 0.489. The van der Waals surface area contributed by atoms with Gasteiger partial charge in [-0.3, -0.25) is 14.2 Å². The third kappa shape index (κ3) is 31.2. The zero-order valence-corrected chi connectivity index (χ0v) is 35.3. The largest absolute Gasteiger partial charge is 0.355 e. The molecular formula is C45H86N2O4S. The molecule has 1 unspecified atom stereocenters. The fourth-order valence-electron chi connectivity index (χ4n) is 7.98. The molecule has 0 aromatic rings. The van der Waals surface area contributed by atoms with Crippen LogP contribution in [0.5, 0.6) is 0 Å². The number of hydrogen-bond donors (Lipinski definition) is 2. The SMILES string of the molecule is CCCCCCCC/C=C\CCCCCCCC(=O)NCCN1CCCC(CCCS(=O)(=O)O)[C@@H]1CCCCCCC/C=C\CCCCCCCC. The molecule has 1 fully saturated rings. The van der Waals surface area contributed by atoms with Crippen molar-refractivity contribution >= 4 is 16.0 Å². The number of carbonyl (C=O) groups excluding carboxylic acids is 1. The fourth-order valence-corrected chi connectivity index (χ4v) is 8.51. The fraction of sp³-hybridized carbons (Fsp3) is 0.889. The Morgan fingerprint density at radius 3 is 1.60 bits per heavy atom. The van der Waals surface area contributed by atoms with Crippen molar-refractivity contribution in [1.29, 1.82) is 0 Å². The molecule has 0 bridgehead atoms. The van der Waals surface area contributed by atoms with Gasteiger partial charge in [-0.25, -0.2) is 0 Å². The highest BCUT2D eigenvalue weighted by atomic mass is 32.2. The van der Waals surface area contributed by atoms with E-state index in [2.05, 4.69) is 48.4 Å². The van der Waals surface area contributed by atoms with Gasteiger partial charge in [0.15, 0.2) is 0 Å². The van der Waals surface area contributed by atoms with Gasteiger partial charge in [0, 0.05) is 25.6 Å². The Bertz CT molecular complexity index is 966. The van der Waals surface area contributed by atoms with Crippen LogP contribution in [0.3, 0.4) is 0 Å². The van der Waals surface area contributed by atoms with Gasteiger partial charge in [-0.2, -0.15) is 8.42 Å². The summed E-state index contributed by atoms with van der Waals surface area (Å²) in [5, 5.41) is 3.19. The first-order chi connectivity index (χ1) is 25.4. The van der Waals surface area contributed by atoms with E-state index in [1.54, 1.807) is 0 Å². The van der Waals surface area contributed by atoms with Gasteiger partial charge in [-0.05, 0) is 102 Å². The van der Waals surface area contributed by atoms with E-state index < -0.39 is 10.1 Å². The number of allylic oxidation sites excluding steroid dienone is 4. The molecule has 1 amide bonds. The van der Waals surface area contributed by atoms with E-state index >= 15 is 0 Å². The van der Waals surface area contributed by atoms with Crippen LogP contribution in [-0.4, -0.2) is 55.2 Å². The Morgan fingerprint density at radius 2 is 1.10 bits per heavy atom. The van der Waals surface area contributed by atoms with Crippen LogP contribution in [0.25, 0.3) is 0 Å². The van der Waals surface area contributed by atoms with Gasteiger partial charge in [-0.15, -0.1) is 0 Å². The average Bonchev–Trinajstić information content (AvgIpc) is 3.11. The number of amides is 1. The van der Waals surface area contributed by atoms with E-state index in [1.165, 1.54) is 154 Å². The van der Waals surface area contributed by atoms with Crippen LogP contribution < -0.4 is 5.32 Å². The standard InChI is InChI=1S/C45H86N2O4S/c1-3-5-7-9-11-13-15-17-19-21-23-25-27-29-31-37-44-43(36-34-42-52(49,50)51)35-33-40-47(44)41-39-46-45(48)38-32-30-28-26-24-22-20-18-16-14-12-10-8-6-4-2/h17-20,43-44H,3-16,21-42H2,1-2H3,(H,46,48)(H,49,50,51)/b19-17-,20-18-/t43?,44-/m0/s1. The number of piperidine rings is 1. The van der Waals surface area contributed by atoms with Crippen LogP contribution in [0.2, 0.25) is 0 Å². The Kier molecular flexibility index (Phi) is 33.4. The van der Waals surface area contributed by atoms with Gasteiger partial charge >= 0.3 is 0 Å². The van der Waals surface area contributed by atoms with Crippen LogP contribution >= 0.6 is 0 Å². The lowest BCUT2D eigenvalue weighted by Gasteiger charge is -2.42. The molecule has 1 heterocycles. The molecule has 0 aliphatic carbocycles. The van der Waals surface area contributed by atoms with Gasteiger partial charge in [-0.1, -0.05) is 147 Å². The van der Waals surface area contributed by atoms with E-state index in [4.69, 9.17) is 0 Å². The Morgan fingerprint density at radius 1 is 0.635 bits per heavy atom. The van der Waals surface area contributed by atoms with Crippen LogP contribution in [0.4, 0.5) is 0 Å². The zero-order chi connectivity index (χ0) is 37.8. The minimum absolute atomic E-state index is 0.143. The van der Waals surface area contributed by atoms with E-state index in [9.17, 15) is 17.8 Å². The summed E-state index contributed by atoms with van der Waals surface area (Å²) in [7, 11) is -3.92. The number of likely N-dealkylation sites (tertiary alicyclic amines) is 1. The molecule has 7 heteroatoms. The summed E-state index contributed by atoms with van der Waals surface area (Å²) in [5.41, 5.74) is 0. The molecular weight excluding hydrogens is 665 g/mol. The van der Waals surface area contributed by atoms with E-state index in [-0.39, 0.29) is 11.7 Å². The first kappa shape index (κ1) is 48.8. The normalized spacial score (nSPS) is 17.1. The van der Waals surface area contributed by atoms with Crippen LogP contribution in [0, 0.1) is 5.92 Å². The van der Waals surface area contributed by atoms with Crippen molar-refractivity contribution in [1.82, 2.24) is 10.2 Å². The van der Waals surface area contributed by atoms with Crippen molar-refractivity contribution in [3.8, 4) is 0 Å². The van der Waals surface area contributed by atoms with E-state index in [1.807, 2.05) is 0 Å². The smallest absolute Gasteiger partial charge is 0.264 e. The summed E-state index contributed by atoms with van der Waals surface area (Å²) >= 11 is 0. The molecule has 2 atom stereocenters. The molecule has 6 nitrogen and oxygen atoms in total. The third-order valence-corrected chi connectivity index (χ3v) is 12.0. The van der Waals surface area contributed by atoms with Crippen LogP contribution in [0.1, 0.15) is 219 Å². The molecule has 0 radical (unpaired) electrons. The summed E-state index contributed by atoms with van der Waals surface area (Å²) in [6.07, 6.45) is 48.2. The maximum atomic E-state index is 12.6. The molecule has 52 heavy (non-hydrogen) atoms. The first-order valence-corrected chi connectivity index (χ1v) is 24.2. The number of carbonyl (C=O) groups is 1. The molecule has 306 valence electrons. The molecule has 1 aliphatic heterocycles. The highest BCUT2D eigenvalue weighted by molar-refractivity contribution is 7.85. The predicted octanol–water partition coefficient (Wildman–Crippen LogP) is 12.9. The maximum Gasteiger partial charge on any atom is 0.264 e. The summed E-state index contributed by atoms with van der Waals surface area (Å²) in [6.45, 7) is 7.14. The van der Waals surface area contributed by atoms with Gasteiger partial charge in [0.05, 0.1) is 5.75 Å². The van der Waals surface area contributed by atoms with E-state index in [0.29, 0.717) is 31.3 Å². The topological polar surface area (TPSA) is 86.7 Å². The number of nitrogens with one attached hydrogen (secondary N) is 1. The second kappa shape index (κ2) is 35.5. The molecule has 1 saturated heterocycles. The van der Waals surface area contributed by atoms with Crippen LogP contribution in [-0.2, 0) is 14.9 Å². The molecule has 1 rings (SSSR count). The van der Waals surface area contributed by atoms with Gasteiger partial charge < -0.3 is 5.32 Å². The first-order valence-electron chi connectivity index (χ1n) is 22.6. The number of nitrogens with zero attached hydrogens (tertiary/aromatic N) is 1. The van der Waals surface area contributed by atoms with Crippen molar-refractivity contribution in [3.63, 3.8) is 0 Å². The van der Waals surface area contributed by atoms with Crippen LogP contribution in [0.15, 0.2) is 24.3 Å². The average molecular weight is 751 g/mol. The number of rotatable bonds is 37. The van der Waals surface area contributed by atoms with Gasteiger partial charge in [0.25, 0.3) is 10.1 Å². The van der Waals surface area contributed by atoms with Crippen molar-refractivity contribution in [2.24, 2.45) is 5.92 Å². The Labute approximate surface area is 324 Å². The molecule has 0 aromatic heterocycles. The Hall–Kier alpha value is -1.18. The molecule has 2 N–H and O–H groups in total. The summed E-state index contributed by atoms with van der Waals surface area (Å²) in [6, 6.07) is 0.433. The van der Waals surface area contributed by atoms with Crippen molar-refractivity contribution in [2.45, 2.75) is 225 Å². The van der Waals surface area contributed by atoms with Gasteiger partial charge in [0.2, 0.25) is 5.91 Å². The van der Waals surface area contributed by atoms with Gasteiger partial charge in [0.1, 0.15) is 0 Å². The number of hydrogen-bond acceptors (Lipinski definition) is 4. The molecule has 1 aliphatic rings. The molecule has 0 spiro atoms. The lowest BCUT2D eigenvalue weighted by Crippen LogP contribution is -2.48. The monoisotopic (exact) mass is 751 g/mol. The lowest BCUT2D eigenvalue weighted by atomic mass is 9.83. The predicted molar refractivity (Wildman–Crippen MR) is 226 cm³/mol. The van der Waals surface area contributed by atoms with Crippen molar-refractivity contribution in [3.05, 3.63) is 24.3 Å². The van der Waals surface area contributed by atoms with Crippen molar-refractivity contribution < 1.29 is 17.8 Å². The molecule has 0 aromatic carbocycles. The lowest BCUT2D eigenvalue weighted by molar-refractivity contribution is -0.121. The minimum atomic E-state index is -3.92. The number of unbranched alkanes of at least 4 members (excludes halogenated alkanes) is 22. The minimum Gasteiger partial charge on any atom is -0.355 e. The maximum absolute atomic E-state index is 12.6. The highest BCUT2D eigenvalue weighted by Crippen LogP contribution is 2.31. The Balaban J connectivity index is 2.25. The summed E-state index contributed by atoms with van der Waals surface area (Å²) < 4.78 is 32.0. The molecule has 0 saturated carbocycles.